The number of alkyl halides is 3. The van der Waals surface area contributed by atoms with Crippen LogP contribution in [-0.4, -0.2) is 32.8 Å². The van der Waals surface area contributed by atoms with Crippen LogP contribution in [0.15, 0.2) is 0 Å². The van der Waals surface area contributed by atoms with Crippen LogP contribution in [0.1, 0.15) is 12.8 Å². The number of carbonyl (C=O) groups excluding carboxylic acids is 1. The number of nitrogens with one attached hydrogen (secondary N) is 1. The second-order valence-electron chi connectivity index (χ2n) is 2.86. The zero-order valence-electron chi connectivity index (χ0n) is 7.67. The monoisotopic (exact) mass is 248 g/mol. The van der Waals surface area contributed by atoms with Crippen LogP contribution in [0.3, 0.4) is 0 Å². The maximum atomic E-state index is 11.6. The summed E-state index contributed by atoms with van der Waals surface area (Å²) < 4.78 is 55.7. The van der Waals surface area contributed by atoms with Crippen molar-refractivity contribution in [3.05, 3.63) is 0 Å². The summed E-state index contributed by atoms with van der Waals surface area (Å²) in [5.74, 6) is -1.56. The summed E-state index contributed by atoms with van der Waals surface area (Å²) in [5.41, 5.74) is 0. The molecule has 1 amide bonds. The number of halogens is 3. The third-order valence-corrected chi connectivity index (χ3v) is 2.15. The summed E-state index contributed by atoms with van der Waals surface area (Å²) in [6.07, 6.45) is -6.13. The van der Waals surface area contributed by atoms with Gasteiger partial charge in [0.25, 0.3) is 0 Å². The van der Waals surface area contributed by atoms with Crippen molar-refractivity contribution < 1.29 is 26.4 Å². The third kappa shape index (κ3) is 11.1. The maximum Gasteiger partial charge on any atom is 0.397 e. The quantitative estimate of drug-likeness (QED) is 0.656. The molecule has 9 heteroatoms. The van der Waals surface area contributed by atoms with Crippen molar-refractivity contribution in [2.24, 2.45) is 5.14 Å². The molecule has 0 fully saturated rings. The van der Waals surface area contributed by atoms with E-state index in [0.717, 1.165) is 0 Å². The minimum Gasteiger partial charge on any atom is -0.356 e. The Bertz CT molecular complexity index is 312. The van der Waals surface area contributed by atoms with Gasteiger partial charge in [-0.1, -0.05) is 0 Å². The fourth-order valence-corrected chi connectivity index (χ4v) is 1.29. The molecule has 0 atom stereocenters. The SMILES string of the molecule is NS(=O)(=O)CCCNC(=O)CC(F)(F)F. The lowest BCUT2D eigenvalue weighted by atomic mass is 10.4. The van der Waals surface area contributed by atoms with E-state index in [4.69, 9.17) is 0 Å². The Morgan fingerprint density at radius 2 is 1.87 bits per heavy atom. The molecule has 0 unspecified atom stereocenters. The molecule has 0 radical (unpaired) electrons. The first kappa shape index (κ1) is 14.2. The average molecular weight is 248 g/mol. The van der Waals surface area contributed by atoms with Gasteiger partial charge in [-0.2, -0.15) is 13.2 Å². The lowest BCUT2D eigenvalue weighted by Gasteiger charge is -2.06. The lowest BCUT2D eigenvalue weighted by Crippen LogP contribution is -2.30. The van der Waals surface area contributed by atoms with Crippen LogP contribution in [0.4, 0.5) is 13.2 Å². The molecule has 0 rings (SSSR count). The third-order valence-electron chi connectivity index (χ3n) is 1.29. The van der Waals surface area contributed by atoms with E-state index in [1.54, 1.807) is 0 Å². The molecule has 0 aliphatic carbocycles. The van der Waals surface area contributed by atoms with E-state index >= 15 is 0 Å². The smallest absolute Gasteiger partial charge is 0.356 e. The number of rotatable bonds is 5. The molecular formula is C6H11F3N2O3S. The first-order valence-corrected chi connectivity index (χ1v) is 5.65. The Hall–Kier alpha value is -0.830. The first-order chi connectivity index (χ1) is 6.60. The number of amides is 1. The predicted molar refractivity (Wildman–Crippen MR) is 46.3 cm³/mol. The molecule has 0 heterocycles. The van der Waals surface area contributed by atoms with Crippen LogP contribution >= 0.6 is 0 Å². The van der Waals surface area contributed by atoms with Gasteiger partial charge in [0.1, 0.15) is 6.42 Å². The standard InChI is InChI=1S/C6H11F3N2O3S/c7-6(8,9)4-5(12)11-2-1-3-15(10,13)14/h1-4H2,(H,11,12)(H2,10,13,14). The number of nitrogens with two attached hydrogens (primary N) is 1. The molecule has 0 aromatic heterocycles. The minimum absolute atomic E-state index is 0.0115. The van der Waals surface area contributed by atoms with Crippen molar-refractivity contribution in [1.29, 1.82) is 0 Å². The highest BCUT2D eigenvalue weighted by Crippen LogP contribution is 2.18. The first-order valence-electron chi connectivity index (χ1n) is 3.94. The minimum atomic E-state index is -4.55. The summed E-state index contributed by atoms with van der Waals surface area (Å²) in [5, 5.41) is 6.57. The molecule has 15 heavy (non-hydrogen) atoms. The maximum absolute atomic E-state index is 11.6. The van der Waals surface area contributed by atoms with Crippen molar-refractivity contribution in [3.8, 4) is 0 Å². The molecule has 0 aliphatic heterocycles. The van der Waals surface area contributed by atoms with Crippen LogP contribution in [0.25, 0.3) is 0 Å². The molecule has 0 aromatic rings. The topological polar surface area (TPSA) is 89.3 Å². The van der Waals surface area contributed by atoms with E-state index in [1.807, 2.05) is 5.32 Å². The Kier molecular flexibility index (Phi) is 5.01. The van der Waals surface area contributed by atoms with E-state index in [1.165, 1.54) is 0 Å². The molecule has 0 saturated carbocycles. The fourth-order valence-electron chi connectivity index (χ4n) is 0.746. The summed E-state index contributed by atoms with van der Waals surface area (Å²) in [7, 11) is -3.63. The molecule has 0 saturated heterocycles. The number of sulfonamides is 1. The van der Waals surface area contributed by atoms with E-state index in [-0.39, 0.29) is 18.7 Å². The normalized spacial score (nSPS) is 12.5. The lowest BCUT2D eigenvalue weighted by molar-refractivity contribution is -0.153. The van der Waals surface area contributed by atoms with Crippen LogP contribution in [0.2, 0.25) is 0 Å². The van der Waals surface area contributed by atoms with Gasteiger partial charge >= 0.3 is 6.18 Å². The molecule has 0 spiro atoms. The summed E-state index contributed by atoms with van der Waals surface area (Å²) in [6, 6.07) is 0. The van der Waals surface area contributed by atoms with E-state index < -0.39 is 28.5 Å². The van der Waals surface area contributed by atoms with Crippen LogP contribution in [0.5, 0.6) is 0 Å². The number of carbonyl (C=O) groups is 1. The van der Waals surface area contributed by atoms with Crippen LogP contribution in [0, 0.1) is 0 Å². The highest BCUT2D eigenvalue weighted by atomic mass is 32.2. The van der Waals surface area contributed by atoms with Crippen molar-refractivity contribution in [2.45, 2.75) is 19.0 Å². The van der Waals surface area contributed by atoms with Crippen molar-refractivity contribution in [2.75, 3.05) is 12.3 Å². The highest BCUT2D eigenvalue weighted by molar-refractivity contribution is 7.89. The Morgan fingerprint density at radius 3 is 2.27 bits per heavy atom. The van der Waals surface area contributed by atoms with Gasteiger partial charge in [0.15, 0.2) is 0 Å². The van der Waals surface area contributed by atoms with Crippen molar-refractivity contribution >= 4 is 15.9 Å². The molecule has 5 nitrogen and oxygen atoms in total. The van der Waals surface area contributed by atoms with Gasteiger partial charge in [0, 0.05) is 6.54 Å². The fraction of sp³-hybridized carbons (Fsp3) is 0.833. The predicted octanol–water partition coefficient (Wildman–Crippen LogP) is -0.266. The number of hydrogen-bond donors (Lipinski definition) is 2. The Morgan fingerprint density at radius 1 is 1.33 bits per heavy atom. The van der Waals surface area contributed by atoms with Crippen molar-refractivity contribution in [3.63, 3.8) is 0 Å². The average Bonchev–Trinajstić information content (AvgIpc) is 1.92. The van der Waals surface area contributed by atoms with Gasteiger partial charge in [0.05, 0.1) is 5.75 Å². The Balaban J connectivity index is 3.66. The van der Waals surface area contributed by atoms with Crippen LogP contribution in [-0.2, 0) is 14.8 Å². The van der Waals surface area contributed by atoms with E-state index in [9.17, 15) is 26.4 Å². The van der Waals surface area contributed by atoms with E-state index in [0.29, 0.717) is 0 Å². The molecule has 0 aliphatic rings. The van der Waals surface area contributed by atoms with E-state index in [2.05, 4.69) is 5.14 Å². The van der Waals surface area contributed by atoms with Crippen molar-refractivity contribution in [1.82, 2.24) is 5.32 Å². The molecule has 90 valence electrons. The van der Waals surface area contributed by atoms with Gasteiger partial charge in [-0.05, 0) is 6.42 Å². The van der Waals surface area contributed by atoms with Gasteiger partial charge in [-0.3, -0.25) is 4.79 Å². The van der Waals surface area contributed by atoms with Gasteiger partial charge in [-0.25, -0.2) is 13.6 Å². The second kappa shape index (κ2) is 5.31. The molecular weight excluding hydrogens is 237 g/mol. The molecule has 0 bridgehead atoms. The number of primary sulfonamides is 1. The van der Waals surface area contributed by atoms with Gasteiger partial charge in [-0.15, -0.1) is 0 Å². The largest absolute Gasteiger partial charge is 0.397 e. The van der Waals surface area contributed by atoms with Gasteiger partial charge in [0.2, 0.25) is 15.9 Å². The summed E-state index contributed by atoms with van der Waals surface area (Å²) in [4.78, 5) is 10.6. The highest BCUT2D eigenvalue weighted by Gasteiger charge is 2.30. The Labute approximate surface area is 84.9 Å². The molecule has 3 N–H and O–H groups in total. The summed E-state index contributed by atoms with van der Waals surface area (Å²) >= 11 is 0. The number of hydrogen-bond acceptors (Lipinski definition) is 3. The molecule has 0 aromatic carbocycles. The van der Waals surface area contributed by atoms with Gasteiger partial charge < -0.3 is 5.32 Å². The zero-order chi connectivity index (χ0) is 12.1. The summed E-state index contributed by atoms with van der Waals surface area (Å²) in [6.45, 7) is -0.147. The second-order valence-corrected chi connectivity index (χ2v) is 4.60. The zero-order valence-corrected chi connectivity index (χ0v) is 8.49. The van der Waals surface area contributed by atoms with Crippen LogP contribution < -0.4 is 10.5 Å².